The van der Waals surface area contributed by atoms with Crippen LogP contribution in [0, 0.1) is 0 Å². The molecule has 0 aliphatic rings. The maximum Gasteiger partial charge on any atom is 0.471 e. The smallest absolute Gasteiger partial charge is 0.329 e. The van der Waals surface area contributed by atoms with Crippen LogP contribution in [0.5, 0.6) is 0 Å². The first kappa shape index (κ1) is 19.4. The molecule has 1 N–H and O–H groups in total. The van der Waals surface area contributed by atoms with E-state index in [0.717, 1.165) is 18.2 Å². The molecule has 0 bridgehead atoms. The van der Waals surface area contributed by atoms with Crippen molar-refractivity contribution < 1.29 is 35.7 Å². The lowest BCUT2D eigenvalue weighted by molar-refractivity contribution is -0.159. The zero-order valence-electron chi connectivity index (χ0n) is 13.6. The molecule has 0 saturated heterocycles. The highest BCUT2D eigenvalue weighted by Crippen LogP contribution is 2.31. The number of hydrogen-bond donors (Lipinski definition) is 1. The Morgan fingerprint density at radius 2 is 1.61 bits per heavy atom. The third-order valence-corrected chi connectivity index (χ3v) is 3.52. The van der Waals surface area contributed by atoms with Gasteiger partial charge in [0.05, 0.1) is 5.56 Å². The van der Waals surface area contributed by atoms with E-state index in [2.05, 4.69) is 20.0 Å². The third-order valence-electron chi connectivity index (χ3n) is 3.52. The summed E-state index contributed by atoms with van der Waals surface area (Å²) in [5, 5.41) is 5.53. The summed E-state index contributed by atoms with van der Waals surface area (Å²) in [6, 6.07) is 9.19. The minimum Gasteiger partial charge on any atom is -0.329 e. The number of nitrogens with zero attached hydrogens (tertiary/aromatic N) is 2. The van der Waals surface area contributed by atoms with Crippen LogP contribution in [-0.2, 0) is 12.4 Å². The van der Waals surface area contributed by atoms with Crippen molar-refractivity contribution in [2.24, 2.45) is 0 Å². The number of aromatic nitrogens is 2. The summed E-state index contributed by atoms with van der Waals surface area (Å²) in [6.07, 6.45) is -9.34. The van der Waals surface area contributed by atoms with Gasteiger partial charge in [0.25, 0.3) is 5.91 Å². The number of anilines is 1. The molecule has 2 aromatic carbocycles. The molecule has 0 unspecified atom stereocenters. The van der Waals surface area contributed by atoms with E-state index in [4.69, 9.17) is 0 Å². The molecule has 0 spiro atoms. The molecule has 3 aromatic rings. The van der Waals surface area contributed by atoms with Crippen molar-refractivity contribution in [3.8, 4) is 11.4 Å². The summed E-state index contributed by atoms with van der Waals surface area (Å²) in [7, 11) is 0. The van der Waals surface area contributed by atoms with E-state index in [9.17, 15) is 31.1 Å². The van der Waals surface area contributed by atoms with Gasteiger partial charge in [0, 0.05) is 16.8 Å². The number of amides is 1. The second-order valence-electron chi connectivity index (χ2n) is 5.53. The van der Waals surface area contributed by atoms with Crippen LogP contribution in [-0.4, -0.2) is 16.0 Å². The first-order valence-electron chi connectivity index (χ1n) is 7.54. The number of carbonyl (C=O) groups excluding carboxylic acids is 1. The van der Waals surface area contributed by atoms with E-state index in [1.807, 2.05) is 0 Å². The van der Waals surface area contributed by atoms with Crippen molar-refractivity contribution in [1.29, 1.82) is 0 Å². The molecule has 5 nitrogen and oxygen atoms in total. The Hall–Kier alpha value is -3.37. The van der Waals surface area contributed by atoms with Gasteiger partial charge in [0.15, 0.2) is 0 Å². The molecule has 1 amide bonds. The van der Waals surface area contributed by atoms with Gasteiger partial charge in [-0.2, -0.15) is 31.3 Å². The van der Waals surface area contributed by atoms with Gasteiger partial charge < -0.3 is 9.84 Å². The van der Waals surface area contributed by atoms with Crippen LogP contribution in [0.4, 0.5) is 32.0 Å². The zero-order chi connectivity index (χ0) is 20.5. The van der Waals surface area contributed by atoms with Gasteiger partial charge in [0.1, 0.15) is 0 Å². The molecule has 146 valence electrons. The molecule has 0 saturated carbocycles. The molecule has 28 heavy (non-hydrogen) atoms. The largest absolute Gasteiger partial charge is 0.471 e. The molecular weight excluding hydrogens is 392 g/mol. The van der Waals surface area contributed by atoms with E-state index < -0.39 is 29.7 Å². The summed E-state index contributed by atoms with van der Waals surface area (Å²) >= 11 is 0. The van der Waals surface area contributed by atoms with Gasteiger partial charge in [0.2, 0.25) is 5.82 Å². The number of benzene rings is 2. The van der Waals surface area contributed by atoms with Crippen LogP contribution < -0.4 is 5.32 Å². The molecule has 11 heteroatoms. The van der Waals surface area contributed by atoms with Gasteiger partial charge in [-0.05, 0) is 30.3 Å². The van der Waals surface area contributed by atoms with E-state index in [-0.39, 0.29) is 22.6 Å². The Balaban J connectivity index is 1.75. The standard InChI is InChI=1S/C17H9F6N3O2/c18-16(19,20)11-2-1-3-12(8-11)24-14(27)10-6-4-9(5-7-10)13-25-15(28-26-13)17(21,22)23/h1-8H,(H,24,27). The normalized spacial score (nSPS) is 12.1. The fraction of sp³-hybridized carbons (Fsp3) is 0.118. The zero-order valence-corrected chi connectivity index (χ0v) is 13.6. The van der Waals surface area contributed by atoms with E-state index in [1.165, 1.54) is 30.3 Å². The fourth-order valence-electron chi connectivity index (χ4n) is 2.20. The third kappa shape index (κ3) is 4.30. The molecule has 0 radical (unpaired) electrons. The van der Waals surface area contributed by atoms with Crippen LogP contribution >= 0.6 is 0 Å². The number of nitrogens with one attached hydrogen (secondary N) is 1. The van der Waals surface area contributed by atoms with Crippen LogP contribution in [0.1, 0.15) is 21.8 Å². The Labute approximate surface area is 153 Å². The number of carbonyl (C=O) groups is 1. The van der Waals surface area contributed by atoms with Crippen LogP contribution in [0.15, 0.2) is 53.1 Å². The Kier molecular flexibility index (Phi) is 4.84. The predicted octanol–water partition coefficient (Wildman–Crippen LogP) is 5.03. The van der Waals surface area contributed by atoms with Gasteiger partial charge in [-0.1, -0.05) is 23.4 Å². The van der Waals surface area contributed by atoms with Crippen molar-refractivity contribution in [2.75, 3.05) is 5.32 Å². The van der Waals surface area contributed by atoms with Crippen molar-refractivity contribution in [2.45, 2.75) is 12.4 Å². The van der Waals surface area contributed by atoms with Crippen LogP contribution in [0.25, 0.3) is 11.4 Å². The lowest BCUT2D eigenvalue weighted by Gasteiger charge is -2.10. The molecule has 0 aliphatic heterocycles. The van der Waals surface area contributed by atoms with Gasteiger partial charge >= 0.3 is 18.2 Å². The van der Waals surface area contributed by atoms with E-state index >= 15 is 0 Å². The van der Waals surface area contributed by atoms with Crippen molar-refractivity contribution in [1.82, 2.24) is 10.1 Å². The SMILES string of the molecule is O=C(Nc1cccc(C(F)(F)F)c1)c1ccc(-c2noc(C(F)(F)F)n2)cc1. The fourth-order valence-corrected chi connectivity index (χ4v) is 2.20. The summed E-state index contributed by atoms with van der Waals surface area (Å²) in [4.78, 5) is 15.4. The van der Waals surface area contributed by atoms with Gasteiger partial charge in [-0.3, -0.25) is 4.79 Å². The molecule has 1 aromatic heterocycles. The lowest BCUT2D eigenvalue weighted by atomic mass is 10.1. The predicted molar refractivity (Wildman–Crippen MR) is 84.1 cm³/mol. The highest BCUT2D eigenvalue weighted by Gasteiger charge is 2.38. The number of hydrogen-bond acceptors (Lipinski definition) is 4. The second-order valence-corrected chi connectivity index (χ2v) is 5.53. The molecule has 0 fully saturated rings. The average molecular weight is 401 g/mol. The van der Waals surface area contributed by atoms with Crippen molar-refractivity contribution >= 4 is 11.6 Å². The summed E-state index contributed by atoms with van der Waals surface area (Å²) in [5.41, 5.74) is -0.745. The molecule has 0 aliphatic carbocycles. The molecule has 0 atom stereocenters. The van der Waals surface area contributed by atoms with Crippen LogP contribution in [0.2, 0.25) is 0 Å². The lowest BCUT2D eigenvalue weighted by Crippen LogP contribution is -2.13. The number of alkyl halides is 6. The van der Waals surface area contributed by atoms with Crippen molar-refractivity contribution in [3.63, 3.8) is 0 Å². The first-order chi connectivity index (χ1) is 13.0. The Morgan fingerprint density at radius 1 is 0.929 bits per heavy atom. The molecule has 1 heterocycles. The monoisotopic (exact) mass is 401 g/mol. The number of rotatable bonds is 3. The summed E-state index contributed by atoms with van der Waals surface area (Å²) in [5.74, 6) is -2.53. The van der Waals surface area contributed by atoms with Crippen LogP contribution in [0.3, 0.4) is 0 Å². The number of halogens is 6. The van der Waals surface area contributed by atoms with E-state index in [0.29, 0.717) is 0 Å². The summed E-state index contributed by atoms with van der Waals surface area (Å²) in [6.45, 7) is 0. The highest BCUT2D eigenvalue weighted by molar-refractivity contribution is 6.04. The summed E-state index contributed by atoms with van der Waals surface area (Å²) < 4.78 is 79.7. The maximum absolute atomic E-state index is 12.7. The van der Waals surface area contributed by atoms with Gasteiger partial charge in [-0.25, -0.2) is 0 Å². The maximum atomic E-state index is 12.7. The van der Waals surface area contributed by atoms with Gasteiger partial charge in [-0.15, -0.1) is 0 Å². The molecular formula is C17H9F6N3O2. The highest BCUT2D eigenvalue weighted by atomic mass is 19.4. The second kappa shape index (κ2) is 6.98. The average Bonchev–Trinajstić information content (AvgIpc) is 3.12. The minimum atomic E-state index is -4.78. The van der Waals surface area contributed by atoms with E-state index in [1.54, 1.807) is 0 Å². The topological polar surface area (TPSA) is 68.0 Å². The quantitative estimate of drug-likeness (QED) is 0.626. The van der Waals surface area contributed by atoms with Crippen molar-refractivity contribution in [3.05, 3.63) is 65.5 Å². The Morgan fingerprint density at radius 3 is 2.18 bits per heavy atom. The molecule has 3 rings (SSSR count). The minimum absolute atomic E-state index is 0.0584. The Bertz CT molecular complexity index is 993. The first-order valence-corrected chi connectivity index (χ1v) is 7.54.